The zero-order chi connectivity index (χ0) is 16.3. The molecule has 0 aromatic heterocycles. The average molecular weight is 305 g/mol. The van der Waals surface area contributed by atoms with Gasteiger partial charge in [-0.25, -0.2) is 0 Å². The summed E-state index contributed by atoms with van der Waals surface area (Å²) in [4.78, 5) is 0. The molecule has 0 saturated heterocycles. The van der Waals surface area contributed by atoms with Crippen molar-refractivity contribution in [1.29, 1.82) is 5.41 Å². The van der Waals surface area contributed by atoms with Crippen molar-refractivity contribution in [3.05, 3.63) is 60.3 Å². The Kier molecular flexibility index (Phi) is 4.21. The van der Waals surface area contributed by atoms with Crippen LogP contribution in [0, 0.1) is 5.41 Å². The molecule has 2 aromatic carbocycles. The molecule has 6 heteroatoms. The van der Waals surface area contributed by atoms with Gasteiger partial charge in [-0.3, -0.25) is 0 Å². The van der Waals surface area contributed by atoms with Gasteiger partial charge in [0.05, 0.1) is 0 Å². The van der Waals surface area contributed by atoms with Crippen molar-refractivity contribution in [2.75, 3.05) is 11.1 Å². The van der Waals surface area contributed by atoms with Gasteiger partial charge in [0.25, 0.3) is 0 Å². The number of fused-ring (bicyclic) bond motifs is 1. The molecular formula is C16H14F3N3. The van der Waals surface area contributed by atoms with Crippen molar-refractivity contribution >= 4 is 28.4 Å². The number of alkyl halides is 3. The van der Waals surface area contributed by atoms with Gasteiger partial charge in [-0.1, -0.05) is 36.9 Å². The van der Waals surface area contributed by atoms with E-state index < -0.39 is 11.9 Å². The van der Waals surface area contributed by atoms with Crippen LogP contribution in [0.3, 0.4) is 0 Å². The van der Waals surface area contributed by atoms with Gasteiger partial charge >= 0.3 is 6.18 Å². The number of nitrogens with one attached hydrogen (secondary N) is 2. The minimum atomic E-state index is -4.64. The molecule has 4 N–H and O–H groups in total. The molecule has 0 aliphatic carbocycles. The van der Waals surface area contributed by atoms with Gasteiger partial charge in [-0.05, 0) is 12.1 Å². The van der Waals surface area contributed by atoms with Crippen LogP contribution in [0.2, 0.25) is 0 Å². The number of nitrogens with two attached hydrogens (primary N) is 1. The van der Waals surface area contributed by atoms with Crippen LogP contribution in [0.1, 0.15) is 0 Å². The Morgan fingerprint density at radius 3 is 2.32 bits per heavy atom. The Morgan fingerprint density at radius 1 is 1.14 bits per heavy atom. The third-order valence-electron chi connectivity index (χ3n) is 3.17. The highest BCUT2D eigenvalue weighted by atomic mass is 19.4. The molecular weight excluding hydrogens is 291 g/mol. The topological polar surface area (TPSA) is 61.9 Å². The van der Waals surface area contributed by atoms with Gasteiger partial charge in [0.1, 0.15) is 5.70 Å². The van der Waals surface area contributed by atoms with Gasteiger partial charge in [0.15, 0.2) is 0 Å². The first-order valence-corrected chi connectivity index (χ1v) is 6.37. The Balaban J connectivity index is 2.62. The number of hydrogen-bond acceptors (Lipinski definition) is 3. The van der Waals surface area contributed by atoms with Crippen LogP contribution in [0.4, 0.5) is 24.5 Å². The van der Waals surface area contributed by atoms with E-state index in [1.807, 2.05) is 0 Å². The SMILES string of the molecule is C=C/C(C=N)=C(/Nc1ccc(N)c2ccccc12)C(F)(F)F. The lowest BCUT2D eigenvalue weighted by atomic mass is 10.1. The van der Waals surface area contributed by atoms with E-state index in [4.69, 9.17) is 11.1 Å². The molecule has 0 heterocycles. The van der Waals surface area contributed by atoms with Crippen molar-refractivity contribution in [3.63, 3.8) is 0 Å². The van der Waals surface area contributed by atoms with E-state index in [9.17, 15) is 13.2 Å². The van der Waals surface area contributed by atoms with Crippen LogP contribution in [0.25, 0.3) is 10.8 Å². The van der Waals surface area contributed by atoms with Gasteiger partial charge < -0.3 is 16.5 Å². The molecule has 0 radical (unpaired) electrons. The molecule has 0 bridgehead atoms. The molecule has 3 nitrogen and oxygen atoms in total. The largest absolute Gasteiger partial charge is 0.431 e. The molecule has 22 heavy (non-hydrogen) atoms. The quantitative estimate of drug-likeness (QED) is 0.443. The van der Waals surface area contributed by atoms with Crippen LogP contribution in [-0.4, -0.2) is 12.4 Å². The molecule has 2 rings (SSSR count). The van der Waals surface area contributed by atoms with Crippen LogP contribution in [-0.2, 0) is 0 Å². The lowest BCUT2D eigenvalue weighted by molar-refractivity contribution is -0.0905. The molecule has 0 fully saturated rings. The lowest BCUT2D eigenvalue weighted by Gasteiger charge is -2.18. The van der Waals surface area contributed by atoms with Crippen molar-refractivity contribution in [2.24, 2.45) is 0 Å². The summed E-state index contributed by atoms with van der Waals surface area (Å²) in [5.74, 6) is 0. The maximum Gasteiger partial charge on any atom is 0.431 e. The van der Waals surface area contributed by atoms with Crippen molar-refractivity contribution in [1.82, 2.24) is 0 Å². The predicted molar refractivity (Wildman–Crippen MR) is 84.0 cm³/mol. The van der Waals surface area contributed by atoms with Gasteiger partial charge in [-0.2, -0.15) is 13.2 Å². The molecule has 0 atom stereocenters. The summed E-state index contributed by atoms with van der Waals surface area (Å²) in [6.07, 6.45) is -3.03. The lowest BCUT2D eigenvalue weighted by Crippen LogP contribution is -2.21. The van der Waals surface area contributed by atoms with Crippen LogP contribution in [0.5, 0.6) is 0 Å². The highest BCUT2D eigenvalue weighted by Crippen LogP contribution is 2.34. The van der Waals surface area contributed by atoms with E-state index in [0.29, 0.717) is 22.7 Å². The highest BCUT2D eigenvalue weighted by molar-refractivity contribution is 6.01. The molecule has 0 saturated carbocycles. The van der Waals surface area contributed by atoms with Crippen molar-refractivity contribution < 1.29 is 13.2 Å². The zero-order valence-electron chi connectivity index (χ0n) is 11.5. The first-order chi connectivity index (χ1) is 10.4. The summed E-state index contributed by atoms with van der Waals surface area (Å²) in [6.45, 7) is 3.32. The summed E-state index contributed by atoms with van der Waals surface area (Å²) < 4.78 is 39.6. The molecule has 0 amide bonds. The number of hydrogen-bond donors (Lipinski definition) is 3. The number of halogens is 3. The number of benzene rings is 2. The summed E-state index contributed by atoms with van der Waals surface area (Å²) in [5, 5.41) is 10.7. The van der Waals surface area contributed by atoms with Crippen LogP contribution < -0.4 is 11.1 Å². The van der Waals surface area contributed by atoms with Crippen LogP contribution in [0.15, 0.2) is 60.3 Å². The molecule has 0 aliphatic rings. The van der Waals surface area contributed by atoms with E-state index in [1.54, 1.807) is 24.3 Å². The fourth-order valence-electron chi connectivity index (χ4n) is 2.11. The summed E-state index contributed by atoms with van der Waals surface area (Å²) >= 11 is 0. The zero-order valence-corrected chi connectivity index (χ0v) is 11.5. The number of allylic oxidation sites excluding steroid dienone is 3. The van der Waals surface area contributed by atoms with Gasteiger partial charge in [-0.15, -0.1) is 0 Å². The predicted octanol–water partition coefficient (Wildman–Crippen LogP) is 4.49. The standard InChI is InChI=1S/C16H14F3N3/c1-2-10(9-20)15(16(17,18)19)22-14-8-7-13(21)11-5-3-4-6-12(11)14/h2-9,20,22H,1,21H2/b15-10-,20-9?. The Morgan fingerprint density at radius 2 is 1.77 bits per heavy atom. The Bertz CT molecular complexity index is 751. The third kappa shape index (κ3) is 2.95. The van der Waals surface area contributed by atoms with Crippen molar-refractivity contribution in [2.45, 2.75) is 6.18 Å². The van der Waals surface area contributed by atoms with Crippen LogP contribution >= 0.6 is 0 Å². The van der Waals surface area contributed by atoms with Gasteiger partial charge in [0, 0.05) is 33.9 Å². The molecule has 2 aromatic rings. The van der Waals surface area contributed by atoms with Gasteiger partial charge in [0.2, 0.25) is 0 Å². The maximum atomic E-state index is 13.2. The number of nitrogen functional groups attached to an aromatic ring is 1. The second-order valence-electron chi connectivity index (χ2n) is 4.55. The molecule has 0 aliphatic heterocycles. The molecule has 0 unspecified atom stereocenters. The fourth-order valence-corrected chi connectivity index (χ4v) is 2.11. The first-order valence-electron chi connectivity index (χ1n) is 6.37. The highest BCUT2D eigenvalue weighted by Gasteiger charge is 2.36. The number of anilines is 2. The normalized spacial score (nSPS) is 12.7. The minimum Gasteiger partial charge on any atom is -0.398 e. The van der Waals surface area contributed by atoms with E-state index in [-0.39, 0.29) is 11.3 Å². The first kappa shape index (κ1) is 15.6. The minimum absolute atomic E-state index is 0.262. The number of rotatable bonds is 4. The average Bonchev–Trinajstić information content (AvgIpc) is 2.49. The summed E-state index contributed by atoms with van der Waals surface area (Å²) in [5.41, 5.74) is 5.21. The summed E-state index contributed by atoms with van der Waals surface area (Å²) in [6, 6.07) is 9.91. The second kappa shape index (κ2) is 5.93. The smallest absolute Gasteiger partial charge is 0.398 e. The fraction of sp³-hybridized carbons (Fsp3) is 0.0625. The van der Waals surface area contributed by atoms with Crippen molar-refractivity contribution in [3.8, 4) is 0 Å². The molecule has 0 spiro atoms. The second-order valence-corrected chi connectivity index (χ2v) is 4.55. The van der Waals surface area contributed by atoms with E-state index in [2.05, 4.69) is 11.9 Å². The summed E-state index contributed by atoms with van der Waals surface area (Å²) in [7, 11) is 0. The van der Waals surface area contributed by atoms with E-state index >= 15 is 0 Å². The monoisotopic (exact) mass is 305 g/mol. The third-order valence-corrected chi connectivity index (χ3v) is 3.17. The Hall–Kier alpha value is -2.76. The van der Waals surface area contributed by atoms with E-state index in [0.717, 1.165) is 6.08 Å². The molecule has 114 valence electrons. The Labute approximate surface area is 125 Å². The maximum absolute atomic E-state index is 13.2. The van der Waals surface area contributed by atoms with E-state index in [1.165, 1.54) is 12.1 Å².